The molecule has 0 unspecified atom stereocenters. The quantitative estimate of drug-likeness (QED) is 0.763. The molecule has 0 radical (unpaired) electrons. The molecule has 28 heavy (non-hydrogen) atoms. The van der Waals surface area contributed by atoms with E-state index in [9.17, 15) is 14.4 Å². The van der Waals surface area contributed by atoms with E-state index in [-0.39, 0.29) is 23.7 Å². The van der Waals surface area contributed by atoms with Gasteiger partial charge in [0.25, 0.3) is 5.91 Å². The van der Waals surface area contributed by atoms with Crippen LogP contribution in [-0.4, -0.2) is 24.3 Å². The number of hydrogen-bond donors (Lipinski definition) is 1. The molecule has 0 aromatic heterocycles. The van der Waals surface area contributed by atoms with Crippen LogP contribution in [0.5, 0.6) is 0 Å². The third kappa shape index (κ3) is 4.81. The Labute approximate surface area is 167 Å². The molecule has 0 spiro atoms. The zero-order valence-electron chi connectivity index (χ0n) is 16.9. The number of imide groups is 1. The predicted octanol–water partition coefficient (Wildman–Crippen LogP) is 4.46. The fourth-order valence-corrected chi connectivity index (χ4v) is 4.56. The van der Waals surface area contributed by atoms with Crippen LogP contribution in [0.25, 0.3) is 0 Å². The summed E-state index contributed by atoms with van der Waals surface area (Å²) in [5, 5.41) is 2.59. The minimum atomic E-state index is -0.402. The second-order valence-corrected chi connectivity index (χ2v) is 8.09. The van der Waals surface area contributed by atoms with Gasteiger partial charge in [0.1, 0.15) is 0 Å². The largest absolute Gasteiger partial charge is 0.312 e. The van der Waals surface area contributed by atoms with Gasteiger partial charge in [-0.1, -0.05) is 50.7 Å². The van der Waals surface area contributed by atoms with E-state index in [0.29, 0.717) is 17.8 Å². The van der Waals surface area contributed by atoms with Crippen LogP contribution < -0.4 is 10.2 Å². The van der Waals surface area contributed by atoms with E-state index in [1.807, 2.05) is 19.1 Å². The van der Waals surface area contributed by atoms with Crippen molar-refractivity contribution in [3.05, 3.63) is 29.8 Å². The number of hydrogen-bond acceptors (Lipinski definition) is 3. The Hall–Kier alpha value is -2.17. The zero-order valence-corrected chi connectivity index (χ0v) is 16.9. The van der Waals surface area contributed by atoms with E-state index in [4.69, 9.17) is 0 Å². The number of amides is 3. The second-order valence-electron chi connectivity index (χ2n) is 8.09. The molecule has 1 aromatic carbocycles. The van der Waals surface area contributed by atoms with Crippen LogP contribution >= 0.6 is 0 Å². The lowest BCUT2D eigenvalue weighted by molar-refractivity contribution is -0.125. The first-order valence-corrected chi connectivity index (χ1v) is 10.9. The molecule has 3 amide bonds. The SMILES string of the molecule is CCN(C(=O)C1CCCCC1)c1ccccc1C(=O)NC(=O)C1CCCCC1. The summed E-state index contributed by atoms with van der Waals surface area (Å²) in [5.41, 5.74) is 1.01. The number of para-hydroxylation sites is 1. The van der Waals surface area contributed by atoms with Crippen LogP contribution in [0.2, 0.25) is 0 Å². The fraction of sp³-hybridized carbons (Fsp3) is 0.609. The molecule has 2 saturated carbocycles. The normalized spacial score (nSPS) is 18.5. The Balaban J connectivity index is 1.75. The maximum atomic E-state index is 13.1. The first-order chi connectivity index (χ1) is 13.6. The highest BCUT2D eigenvalue weighted by Gasteiger charge is 2.29. The molecule has 3 rings (SSSR count). The van der Waals surface area contributed by atoms with Crippen LogP contribution in [0.15, 0.2) is 24.3 Å². The second kappa shape index (κ2) is 9.85. The molecule has 1 N–H and O–H groups in total. The third-order valence-corrected chi connectivity index (χ3v) is 6.19. The molecule has 1 aromatic rings. The summed E-state index contributed by atoms with van der Waals surface area (Å²) < 4.78 is 0. The summed E-state index contributed by atoms with van der Waals surface area (Å²) in [7, 11) is 0. The topological polar surface area (TPSA) is 66.5 Å². The number of benzene rings is 1. The van der Waals surface area contributed by atoms with Gasteiger partial charge in [-0.3, -0.25) is 19.7 Å². The predicted molar refractivity (Wildman–Crippen MR) is 110 cm³/mol. The van der Waals surface area contributed by atoms with Crippen molar-refractivity contribution in [2.24, 2.45) is 11.8 Å². The molecule has 0 bridgehead atoms. The summed E-state index contributed by atoms with van der Waals surface area (Å²) >= 11 is 0. The van der Waals surface area contributed by atoms with Crippen molar-refractivity contribution in [1.29, 1.82) is 0 Å². The zero-order chi connectivity index (χ0) is 19.9. The molecule has 2 fully saturated rings. The van der Waals surface area contributed by atoms with Crippen molar-refractivity contribution in [1.82, 2.24) is 5.32 Å². The highest BCUT2D eigenvalue weighted by Crippen LogP contribution is 2.29. The van der Waals surface area contributed by atoms with Crippen molar-refractivity contribution in [3.63, 3.8) is 0 Å². The lowest BCUT2D eigenvalue weighted by atomic mass is 9.88. The van der Waals surface area contributed by atoms with E-state index in [2.05, 4.69) is 5.32 Å². The first-order valence-electron chi connectivity index (χ1n) is 10.9. The van der Waals surface area contributed by atoms with Gasteiger partial charge < -0.3 is 4.90 Å². The minimum absolute atomic E-state index is 0.0358. The molecule has 0 atom stereocenters. The summed E-state index contributed by atoms with van der Waals surface area (Å²) in [6, 6.07) is 7.13. The molecular weight excluding hydrogens is 352 g/mol. The minimum Gasteiger partial charge on any atom is -0.312 e. The Bertz CT molecular complexity index is 704. The number of nitrogens with zero attached hydrogens (tertiary/aromatic N) is 1. The third-order valence-electron chi connectivity index (χ3n) is 6.19. The van der Waals surface area contributed by atoms with Crippen molar-refractivity contribution >= 4 is 23.4 Å². The Morgan fingerprint density at radius 1 is 0.893 bits per heavy atom. The van der Waals surface area contributed by atoms with Gasteiger partial charge in [-0.15, -0.1) is 0 Å². The van der Waals surface area contributed by atoms with Gasteiger partial charge in [0.15, 0.2) is 0 Å². The lowest BCUT2D eigenvalue weighted by Crippen LogP contribution is -2.40. The van der Waals surface area contributed by atoms with Crippen LogP contribution in [0.1, 0.15) is 81.5 Å². The maximum absolute atomic E-state index is 13.1. The molecule has 0 saturated heterocycles. The number of rotatable bonds is 5. The molecule has 2 aliphatic rings. The maximum Gasteiger partial charge on any atom is 0.259 e. The van der Waals surface area contributed by atoms with E-state index in [1.165, 1.54) is 6.42 Å². The van der Waals surface area contributed by atoms with Gasteiger partial charge in [-0.2, -0.15) is 0 Å². The summed E-state index contributed by atoms with van der Waals surface area (Å²) in [5.74, 6) is -0.520. The van der Waals surface area contributed by atoms with Gasteiger partial charge in [0.05, 0.1) is 11.3 Å². The number of nitrogens with one attached hydrogen (secondary N) is 1. The molecule has 2 aliphatic carbocycles. The van der Waals surface area contributed by atoms with Crippen molar-refractivity contribution in [2.75, 3.05) is 11.4 Å². The van der Waals surface area contributed by atoms with Gasteiger partial charge >= 0.3 is 0 Å². The number of carbonyl (C=O) groups is 3. The van der Waals surface area contributed by atoms with Crippen molar-refractivity contribution in [3.8, 4) is 0 Å². The lowest BCUT2D eigenvalue weighted by Gasteiger charge is -2.29. The van der Waals surface area contributed by atoms with Gasteiger partial charge in [0.2, 0.25) is 11.8 Å². The van der Waals surface area contributed by atoms with E-state index in [1.54, 1.807) is 17.0 Å². The summed E-state index contributed by atoms with van der Waals surface area (Å²) in [6.45, 7) is 2.44. The Kier molecular flexibility index (Phi) is 7.24. The van der Waals surface area contributed by atoms with Crippen LogP contribution in [-0.2, 0) is 9.59 Å². The van der Waals surface area contributed by atoms with Gasteiger partial charge in [-0.25, -0.2) is 0 Å². The van der Waals surface area contributed by atoms with Gasteiger partial charge in [0, 0.05) is 18.4 Å². The first kappa shape index (κ1) is 20.6. The monoisotopic (exact) mass is 384 g/mol. The van der Waals surface area contributed by atoms with Crippen LogP contribution in [0.3, 0.4) is 0 Å². The molecule has 152 valence electrons. The standard InChI is InChI=1S/C23H32N2O3/c1-2-25(23(28)18-13-7-4-8-14-18)20-16-10-9-15-19(20)22(27)24-21(26)17-11-5-3-6-12-17/h9-10,15-18H,2-8,11-14H2,1H3,(H,24,26,27). The van der Waals surface area contributed by atoms with E-state index < -0.39 is 5.91 Å². The number of carbonyl (C=O) groups excluding carboxylic acids is 3. The van der Waals surface area contributed by atoms with E-state index >= 15 is 0 Å². The Morgan fingerprint density at radius 3 is 2.07 bits per heavy atom. The molecule has 5 nitrogen and oxygen atoms in total. The van der Waals surface area contributed by atoms with E-state index in [0.717, 1.165) is 57.8 Å². The smallest absolute Gasteiger partial charge is 0.259 e. The highest BCUT2D eigenvalue weighted by atomic mass is 16.2. The number of anilines is 1. The Morgan fingerprint density at radius 2 is 1.46 bits per heavy atom. The van der Waals surface area contributed by atoms with Gasteiger partial charge in [-0.05, 0) is 44.7 Å². The molecule has 5 heteroatoms. The highest BCUT2D eigenvalue weighted by molar-refractivity contribution is 6.10. The average Bonchev–Trinajstić information content (AvgIpc) is 2.75. The van der Waals surface area contributed by atoms with Crippen molar-refractivity contribution in [2.45, 2.75) is 71.1 Å². The van der Waals surface area contributed by atoms with Crippen LogP contribution in [0, 0.1) is 11.8 Å². The summed E-state index contributed by atoms with van der Waals surface area (Å²) in [6.07, 6.45) is 10.2. The average molecular weight is 385 g/mol. The molecule has 0 aliphatic heterocycles. The van der Waals surface area contributed by atoms with Crippen molar-refractivity contribution < 1.29 is 14.4 Å². The fourth-order valence-electron chi connectivity index (χ4n) is 4.56. The molecular formula is C23H32N2O3. The summed E-state index contributed by atoms with van der Waals surface area (Å²) in [4.78, 5) is 40.2. The molecule has 0 heterocycles. The van der Waals surface area contributed by atoms with Crippen LogP contribution in [0.4, 0.5) is 5.69 Å².